The average molecular weight is 415 g/mol. The molecule has 2 rings (SSSR count). The maximum atomic E-state index is 10.1. The molecule has 0 aromatic heterocycles. The molecular formula is C16H14CdO6. The number of aliphatic hydroxyl groups is 2. The van der Waals surface area contributed by atoms with Gasteiger partial charge in [-0.05, 0) is 11.1 Å². The number of carboxylic acid groups (broad SMARTS) is 2. The van der Waals surface area contributed by atoms with Gasteiger partial charge in [0.2, 0.25) is 0 Å². The number of aliphatic carboxylic acids is 2. The van der Waals surface area contributed by atoms with Crippen LogP contribution >= 0.6 is 0 Å². The van der Waals surface area contributed by atoms with Crippen molar-refractivity contribution in [3.05, 3.63) is 71.8 Å². The molecule has 2 unspecified atom stereocenters. The van der Waals surface area contributed by atoms with Gasteiger partial charge >= 0.3 is 27.3 Å². The van der Waals surface area contributed by atoms with E-state index in [1.807, 2.05) is 0 Å². The Hall–Kier alpha value is -1.78. The van der Waals surface area contributed by atoms with Crippen LogP contribution in [0.4, 0.5) is 0 Å². The van der Waals surface area contributed by atoms with Crippen LogP contribution in [0.2, 0.25) is 0 Å². The Balaban J connectivity index is 0.000000403. The number of hydrogen-bond donors (Lipinski definition) is 2. The van der Waals surface area contributed by atoms with Gasteiger partial charge in [-0.1, -0.05) is 60.7 Å². The van der Waals surface area contributed by atoms with Crippen molar-refractivity contribution in [1.82, 2.24) is 0 Å². The van der Waals surface area contributed by atoms with Crippen molar-refractivity contribution < 1.29 is 57.3 Å². The first kappa shape index (κ1) is 21.2. The second-order valence-electron chi connectivity index (χ2n) is 4.26. The fourth-order valence-electron chi connectivity index (χ4n) is 1.54. The number of aliphatic hydroxyl groups excluding tert-OH is 2. The predicted molar refractivity (Wildman–Crippen MR) is 72.8 cm³/mol. The van der Waals surface area contributed by atoms with Crippen LogP contribution in [0.5, 0.6) is 0 Å². The van der Waals surface area contributed by atoms with Crippen molar-refractivity contribution in [3.63, 3.8) is 0 Å². The molecule has 0 aliphatic carbocycles. The zero-order chi connectivity index (χ0) is 16.5. The summed E-state index contributed by atoms with van der Waals surface area (Å²) in [5.74, 6) is -2.95. The summed E-state index contributed by atoms with van der Waals surface area (Å²) in [7, 11) is 0. The van der Waals surface area contributed by atoms with E-state index in [4.69, 9.17) is 10.2 Å². The van der Waals surface area contributed by atoms with Crippen LogP contribution < -0.4 is 10.2 Å². The molecule has 2 aromatic carbocycles. The van der Waals surface area contributed by atoms with E-state index in [9.17, 15) is 19.8 Å². The SMILES string of the molecule is O=C([O-])C(O)c1ccccc1.O=C([O-])C(O)c1ccccc1.[Cd+2]. The van der Waals surface area contributed by atoms with Gasteiger partial charge in [0, 0.05) is 0 Å². The summed E-state index contributed by atoms with van der Waals surface area (Å²) in [5.41, 5.74) is 0.681. The molecule has 2 N–H and O–H groups in total. The van der Waals surface area contributed by atoms with Crippen molar-refractivity contribution in [2.24, 2.45) is 0 Å². The molecule has 2 aromatic rings. The third-order valence-electron chi connectivity index (χ3n) is 2.68. The molecule has 0 aliphatic heterocycles. The van der Waals surface area contributed by atoms with Crippen LogP contribution in [-0.2, 0) is 36.9 Å². The van der Waals surface area contributed by atoms with E-state index in [1.54, 1.807) is 36.4 Å². The normalized spacial score (nSPS) is 11.9. The van der Waals surface area contributed by atoms with E-state index < -0.39 is 24.1 Å². The maximum Gasteiger partial charge on any atom is 2.00 e. The van der Waals surface area contributed by atoms with Crippen LogP contribution in [0.1, 0.15) is 23.3 Å². The third-order valence-corrected chi connectivity index (χ3v) is 2.68. The minimum atomic E-state index is -1.52. The Kier molecular flexibility index (Phi) is 10.0. The summed E-state index contributed by atoms with van der Waals surface area (Å²) in [6, 6.07) is 16.2. The number of rotatable bonds is 4. The Morgan fingerprint density at radius 2 is 0.957 bits per heavy atom. The van der Waals surface area contributed by atoms with Crippen LogP contribution in [-0.4, -0.2) is 22.2 Å². The molecule has 23 heavy (non-hydrogen) atoms. The quantitative estimate of drug-likeness (QED) is 0.615. The Morgan fingerprint density at radius 3 is 1.17 bits per heavy atom. The van der Waals surface area contributed by atoms with E-state index in [2.05, 4.69) is 0 Å². The van der Waals surface area contributed by atoms with E-state index >= 15 is 0 Å². The first-order valence-corrected chi connectivity index (χ1v) is 6.31. The molecular weight excluding hydrogens is 401 g/mol. The van der Waals surface area contributed by atoms with Crippen molar-refractivity contribution in [3.8, 4) is 0 Å². The molecule has 0 bridgehead atoms. The molecule has 0 radical (unpaired) electrons. The fourth-order valence-corrected chi connectivity index (χ4v) is 1.54. The topological polar surface area (TPSA) is 121 Å². The van der Waals surface area contributed by atoms with Gasteiger partial charge in [0.05, 0.1) is 11.9 Å². The zero-order valence-electron chi connectivity index (χ0n) is 12.2. The molecule has 0 heterocycles. The van der Waals surface area contributed by atoms with Gasteiger partial charge in [-0.2, -0.15) is 0 Å². The predicted octanol–water partition coefficient (Wildman–Crippen LogP) is -1.06. The monoisotopic (exact) mass is 416 g/mol. The average Bonchev–Trinajstić information content (AvgIpc) is 2.55. The van der Waals surface area contributed by atoms with E-state index in [1.165, 1.54) is 24.3 Å². The van der Waals surface area contributed by atoms with Gasteiger partial charge in [0.1, 0.15) is 12.2 Å². The second-order valence-corrected chi connectivity index (χ2v) is 4.26. The number of carboxylic acids is 2. The molecule has 0 fully saturated rings. The molecule has 0 saturated carbocycles. The Bertz CT molecular complexity index is 547. The number of benzene rings is 2. The minimum absolute atomic E-state index is 0. The third kappa shape index (κ3) is 7.35. The van der Waals surface area contributed by atoms with Crippen molar-refractivity contribution >= 4 is 11.9 Å². The molecule has 7 heteroatoms. The summed E-state index contributed by atoms with van der Waals surface area (Å²) in [6.45, 7) is 0. The van der Waals surface area contributed by atoms with Gasteiger partial charge in [0.25, 0.3) is 0 Å². The molecule has 6 nitrogen and oxygen atoms in total. The van der Waals surface area contributed by atoms with Crippen LogP contribution in [0.15, 0.2) is 60.7 Å². The number of carbonyl (C=O) groups is 2. The number of carbonyl (C=O) groups excluding carboxylic acids is 2. The summed E-state index contributed by atoms with van der Waals surface area (Å²) >= 11 is 0. The van der Waals surface area contributed by atoms with Gasteiger partial charge in [-0.25, -0.2) is 0 Å². The largest absolute Gasteiger partial charge is 2.00 e. The summed E-state index contributed by atoms with van der Waals surface area (Å²) < 4.78 is 0. The minimum Gasteiger partial charge on any atom is -0.547 e. The Morgan fingerprint density at radius 1 is 0.696 bits per heavy atom. The second kappa shape index (κ2) is 10.9. The smallest absolute Gasteiger partial charge is 0.547 e. The van der Waals surface area contributed by atoms with E-state index in [0.29, 0.717) is 11.1 Å². The molecule has 0 saturated heterocycles. The molecule has 0 spiro atoms. The standard InChI is InChI=1S/2C8H8O3.Cd/c2*9-7(8(10)11)6-4-2-1-3-5-6;/h2*1-5,7,9H,(H,10,11);/q;;+2/p-2. The summed E-state index contributed by atoms with van der Waals surface area (Å²) in [4.78, 5) is 20.3. The van der Waals surface area contributed by atoms with Crippen molar-refractivity contribution in [1.29, 1.82) is 0 Å². The van der Waals surface area contributed by atoms with Gasteiger partial charge < -0.3 is 30.0 Å². The van der Waals surface area contributed by atoms with Crippen LogP contribution in [0.25, 0.3) is 0 Å². The van der Waals surface area contributed by atoms with Crippen LogP contribution in [0, 0.1) is 0 Å². The Labute approximate surface area is 153 Å². The first-order chi connectivity index (χ1) is 10.4. The van der Waals surface area contributed by atoms with Crippen LogP contribution in [0.3, 0.4) is 0 Å². The van der Waals surface area contributed by atoms with Gasteiger partial charge in [-0.15, -0.1) is 0 Å². The van der Waals surface area contributed by atoms with Gasteiger partial charge in [0.15, 0.2) is 0 Å². The van der Waals surface area contributed by atoms with Crippen molar-refractivity contribution in [2.75, 3.05) is 0 Å². The maximum absolute atomic E-state index is 10.1. The number of hydrogen-bond acceptors (Lipinski definition) is 6. The summed E-state index contributed by atoms with van der Waals surface area (Å²) in [6.07, 6.45) is -3.03. The van der Waals surface area contributed by atoms with E-state index in [0.717, 1.165) is 0 Å². The molecule has 2 atom stereocenters. The van der Waals surface area contributed by atoms with Crippen molar-refractivity contribution in [2.45, 2.75) is 12.2 Å². The van der Waals surface area contributed by atoms with E-state index in [-0.39, 0.29) is 27.3 Å². The molecule has 116 valence electrons. The molecule has 0 aliphatic rings. The first-order valence-electron chi connectivity index (χ1n) is 6.31. The van der Waals surface area contributed by atoms with Gasteiger partial charge in [-0.3, -0.25) is 0 Å². The summed E-state index contributed by atoms with van der Waals surface area (Å²) in [5, 5.41) is 38.1. The fraction of sp³-hybridized carbons (Fsp3) is 0.125. The molecule has 0 amide bonds. The zero-order valence-corrected chi connectivity index (χ0v) is 16.2.